The van der Waals surface area contributed by atoms with Gasteiger partial charge in [0.15, 0.2) is 0 Å². The number of hydrogen-bond acceptors (Lipinski definition) is 4. The van der Waals surface area contributed by atoms with Gasteiger partial charge in [0.2, 0.25) is 0 Å². The van der Waals surface area contributed by atoms with Crippen molar-refractivity contribution < 1.29 is 0 Å². The Hall–Kier alpha value is -0.960. The molecule has 1 aromatic carbocycles. The molecule has 0 spiro atoms. The molecule has 0 aliphatic carbocycles. The molecule has 0 aliphatic rings. The molecule has 0 N–H and O–H groups in total. The number of thioether (sulfide) groups is 1. The van der Waals surface area contributed by atoms with Gasteiger partial charge in [-0.25, -0.2) is 4.98 Å². The second kappa shape index (κ2) is 6.99. The zero-order valence-electron chi connectivity index (χ0n) is 10.3. The third-order valence-electron chi connectivity index (χ3n) is 2.33. The Morgan fingerprint density at radius 3 is 2.74 bits per heavy atom. The van der Waals surface area contributed by atoms with Crippen LogP contribution in [0.5, 0.6) is 0 Å². The van der Waals surface area contributed by atoms with Crippen LogP contribution in [-0.2, 0) is 0 Å². The third kappa shape index (κ3) is 3.53. The van der Waals surface area contributed by atoms with E-state index in [2.05, 4.69) is 33.9 Å². The van der Waals surface area contributed by atoms with Gasteiger partial charge in [0.1, 0.15) is 11.1 Å². The zero-order valence-corrected chi connectivity index (χ0v) is 13.5. The number of halogens is 1. The van der Waals surface area contributed by atoms with Crippen molar-refractivity contribution in [3.8, 4) is 6.07 Å². The van der Waals surface area contributed by atoms with Crippen LogP contribution in [0.2, 0.25) is 0 Å². The molecule has 2 rings (SSSR count). The van der Waals surface area contributed by atoms with Gasteiger partial charge in [0, 0.05) is 16.0 Å². The van der Waals surface area contributed by atoms with Crippen LogP contribution in [-0.4, -0.2) is 10.7 Å². The molecule has 0 fully saturated rings. The highest BCUT2D eigenvalue weighted by molar-refractivity contribution is 9.10. The second-order valence-electron chi connectivity index (χ2n) is 3.57. The molecule has 1 aromatic heterocycles. The number of pyridine rings is 1. The topological polar surface area (TPSA) is 36.7 Å². The molecule has 0 amide bonds. The third-order valence-corrected chi connectivity index (χ3v) is 5.25. The molecule has 19 heavy (non-hydrogen) atoms. The summed E-state index contributed by atoms with van der Waals surface area (Å²) in [5.41, 5.74) is 0.733. The van der Waals surface area contributed by atoms with Crippen molar-refractivity contribution in [2.24, 2.45) is 0 Å². The predicted octanol–water partition coefficient (Wildman–Crippen LogP) is 4.98. The number of nitrogens with zero attached hydrogens (tertiary/aromatic N) is 2. The Kier molecular flexibility index (Phi) is 5.32. The molecule has 0 saturated carbocycles. The van der Waals surface area contributed by atoms with Gasteiger partial charge in [0.05, 0.1) is 10.0 Å². The Labute approximate surface area is 129 Å². The maximum atomic E-state index is 9.36. The first-order chi connectivity index (χ1) is 9.26. The van der Waals surface area contributed by atoms with Crippen LogP contribution in [0.15, 0.2) is 55.8 Å². The van der Waals surface area contributed by atoms with E-state index in [0.717, 1.165) is 30.6 Å². The summed E-state index contributed by atoms with van der Waals surface area (Å²) < 4.78 is 0.942. The molecule has 0 saturated heterocycles. The standard InChI is InChI=1S/C14H11BrN2S2/c1-2-18-12-6-3-7-13(10(12)9-16)19-14-11(15)5-4-8-17-14/h3-8H,2H2,1H3. The SMILES string of the molecule is CCSc1cccc(Sc2ncccc2Br)c1C#N. The summed E-state index contributed by atoms with van der Waals surface area (Å²) >= 11 is 6.68. The highest BCUT2D eigenvalue weighted by Crippen LogP contribution is 2.36. The fourth-order valence-corrected chi connectivity index (χ4v) is 3.77. The first-order valence-electron chi connectivity index (χ1n) is 5.70. The van der Waals surface area contributed by atoms with Crippen molar-refractivity contribution in [2.75, 3.05) is 5.75 Å². The summed E-state index contributed by atoms with van der Waals surface area (Å²) in [6.07, 6.45) is 1.75. The molecule has 0 radical (unpaired) electrons. The molecule has 1 heterocycles. The highest BCUT2D eigenvalue weighted by atomic mass is 79.9. The van der Waals surface area contributed by atoms with Crippen molar-refractivity contribution in [1.82, 2.24) is 4.98 Å². The van der Waals surface area contributed by atoms with Crippen LogP contribution >= 0.6 is 39.5 Å². The Bertz CT molecular complexity index is 623. The van der Waals surface area contributed by atoms with Crippen molar-refractivity contribution >= 4 is 39.5 Å². The molecular weight excluding hydrogens is 340 g/mol. The quantitative estimate of drug-likeness (QED) is 0.728. The summed E-state index contributed by atoms with van der Waals surface area (Å²) in [6.45, 7) is 2.08. The number of benzene rings is 1. The number of rotatable bonds is 4. The van der Waals surface area contributed by atoms with E-state index in [1.54, 1.807) is 18.0 Å². The van der Waals surface area contributed by atoms with Gasteiger partial charge in [-0.1, -0.05) is 24.8 Å². The van der Waals surface area contributed by atoms with Gasteiger partial charge in [-0.3, -0.25) is 0 Å². The Morgan fingerprint density at radius 2 is 2.05 bits per heavy atom. The predicted molar refractivity (Wildman–Crippen MR) is 83.6 cm³/mol. The van der Waals surface area contributed by atoms with Gasteiger partial charge < -0.3 is 0 Å². The van der Waals surface area contributed by atoms with E-state index < -0.39 is 0 Å². The van der Waals surface area contributed by atoms with Gasteiger partial charge in [-0.15, -0.1) is 11.8 Å². The van der Waals surface area contributed by atoms with Gasteiger partial charge in [-0.05, 0) is 45.9 Å². The number of nitriles is 1. The lowest BCUT2D eigenvalue weighted by Crippen LogP contribution is -1.88. The Balaban J connectivity index is 2.38. The first kappa shape index (κ1) is 14.4. The van der Waals surface area contributed by atoms with E-state index in [9.17, 15) is 5.26 Å². The van der Waals surface area contributed by atoms with Gasteiger partial charge in [0.25, 0.3) is 0 Å². The van der Waals surface area contributed by atoms with Gasteiger partial charge in [-0.2, -0.15) is 5.26 Å². The van der Waals surface area contributed by atoms with Crippen molar-refractivity contribution in [1.29, 1.82) is 5.26 Å². The molecule has 2 aromatic rings. The summed E-state index contributed by atoms with van der Waals surface area (Å²) in [6, 6.07) is 12.1. The molecule has 0 aliphatic heterocycles. The molecule has 0 bridgehead atoms. The fourth-order valence-electron chi connectivity index (χ4n) is 1.53. The minimum atomic E-state index is 0.733. The lowest BCUT2D eigenvalue weighted by molar-refractivity contribution is 1.10. The van der Waals surface area contributed by atoms with Crippen LogP contribution in [0.3, 0.4) is 0 Å². The first-order valence-corrected chi connectivity index (χ1v) is 8.30. The van der Waals surface area contributed by atoms with E-state index in [1.165, 1.54) is 11.8 Å². The molecule has 0 unspecified atom stereocenters. The minimum absolute atomic E-state index is 0.733. The van der Waals surface area contributed by atoms with Crippen LogP contribution < -0.4 is 0 Å². The van der Waals surface area contributed by atoms with Crippen molar-refractivity contribution in [3.05, 3.63) is 46.6 Å². The lowest BCUT2D eigenvalue weighted by Gasteiger charge is -2.08. The number of hydrogen-bond donors (Lipinski definition) is 0. The molecule has 0 atom stereocenters. The van der Waals surface area contributed by atoms with Crippen LogP contribution in [0.1, 0.15) is 12.5 Å². The monoisotopic (exact) mass is 350 g/mol. The second-order valence-corrected chi connectivity index (χ2v) is 6.76. The van der Waals surface area contributed by atoms with E-state index in [0.29, 0.717) is 0 Å². The fraction of sp³-hybridized carbons (Fsp3) is 0.143. The van der Waals surface area contributed by atoms with E-state index in [4.69, 9.17) is 0 Å². The summed E-state index contributed by atoms with van der Waals surface area (Å²) in [5, 5.41) is 10.2. The Morgan fingerprint density at radius 1 is 1.26 bits per heavy atom. The van der Waals surface area contributed by atoms with Crippen LogP contribution in [0.25, 0.3) is 0 Å². The normalized spacial score (nSPS) is 10.2. The maximum Gasteiger partial charge on any atom is 0.115 e. The molecule has 96 valence electrons. The number of aromatic nitrogens is 1. The smallest absolute Gasteiger partial charge is 0.115 e. The average molecular weight is 351 g/mol. The van der Waals surface area contributed by atoms with E-state index >= 15 is 0 Å². The van der Waals surface area contributed by atoms with Gasteiger partial charge >= 0.3 is 0 Å². The highest BCUT2D eigenvalue weighted by Gasteiger charge is 2.11. The van der Waals surface area contributed by atoms with Crippen LogP contribution in [0, 0.1) is 11.3 Å². The largest absolute Gasteiger partial charge is 0.248 e. The molecular formula is C14H11BrN2S2. The summed E-state index contributed by atoms with van der Waals surface area (Å²) in [5.74, 6) is 0.954. The average Bonchev–Trinajstić information content (AvgIpc) is 2.42. The van der Waals surface area contributed by atoms with Crippen molar-refractivity contribution in [3.63, 3.8) is 0 Å². The minimum Gasteiger partial charge on any atom is -0.248 e. The van der Waals surface area contributed by atoms with E-state index in [-0.39, 0.29) is 0 Å². The van der Waals surface area contributed by atoms with Crippen LogP contribution in [0.4, 0.5) is 0 Å². The van der Waals surface area contributed by atoms with Crippen molar-refractivity contribution in [2.45, 2.75) is 21.7 Å². The molecule has 5 heteroatoms. The maximum absolute atomic E-state index is 9.36. The zero-order chi connectivity index (χ0) is 13.7. The van der Waals surface area contributed by atoms with E-state index in [1.807, 2.05) is 30.3 Å². The summed E-state index contributed by atoms with van der Waals surface area (Å²) in [7, 11) is 0. The summed E-state index contributed by atoms with van der Waals surface area (Å²) in [4.78, 5) is 6.30. The molecule has 2 nitrogen and oxygen atoms in total. The lowest BCUT2D eigenvalue weighted by atomic mass is 10.2.